The Morgan fingerprint density at radius 2 is 1.72 bits per heavy atom. The SMILES string of the molecule is C=C(N=C(OC)/C(=C/N)C(COc1ccc(C(F)(F)F)cc1)=NC)c1ccc(CN(CC)OC)cc1. The number of hydroxylamine groups is 2. The van der Waals surface area contributed by atoms with Crippen LogP contribution in [0, 0.1) is 0 Å². The zero-order chi connectivity index (χ0) is 26.7. The Balaban J connectivity index is 2.14. The van der Waals surface area contributed by atoms with Gasteiger partial charge in [-0.2, -0.15) is 18.2 Å². The monoisotopic (exact) mass is 504 g/mol. The van der Waals surface area contributed by atoms with Crippen molar-refractivity contribution in [2.24, 2.45) is 15.7 Å². The van der Waals surface area contributed by atoms with E-state index >= 15 is 0 Å². The fraction of sp³-hybridized carbons (Fsp3) is 0.308. The normalized spacial score (nSPS) is 13.2. The van der Waals surface area contributed by atoms with E-state index in [0.717, 1.165) is 29.8 Å². The van der Waals surface area contributed by atoms with E-state index in [-0.39, 0.29) is 18.3 Å². The Hall–Kier alpha value is -3.63. The van der Waals surface area contributed by atoms with Crippen LogP contribution in [0.5, 0.6) is 5.75 Å². The highest BCUT2D eigenvalue weighted by molar-refractivity contribution is 6.22. The van der Waals surface area contributed by atoms with Crippen molar-refractivity contribution in [1.82, 2.24) is 5.06 Å². The van der Waals surface area contributed by atoms with Gasteiger partial charge in [0.2, 0.25) is 5.90 Å². The van der Waals surface area contributed by atoms with Gasteiger partial charge < -0.3 is 20.0 Å². The van der Waals surface area contributed by atoms with Crippen LogP contribution in [0.1, 0.15) is 23.6 Å². The van der Waals surface area contributed by atoms with Crippen molar-refractivity contribution in [1.29, 1.82) is 0 Å². The van der Waals surface area contributed by atoms with Crippen LogP contribution in [0.4, 0.5) is 13.2 Å². The molecule has 0 fully saturated rings. The third kappa shape index (κ3) is 7.96. The molecule has 194 valence electrons. The predicted molar refractivity (Wildman–Crippen MR) is 136 cm³/mol. The lowest BCUT2D eigenvalue weighted by Gasteiger charge is -2.17. The van der Waals surface area contributed by atoms with Gasteiger partial charge in [-0.3, -0.25) is 4.99 Å². The Labute approximate surface area is 209 Å². The van der Waals surface area contributed by atoms with Crippen LogP contribution in [-0.2, 0) is 22.3 Å². The summed E-state index contributed by atoms with van der Waals surface area (Å²) in [6, 6.07) is 12.1. The Kier molecular flexibility index (Phi) is 10.7. The number of hydrogen-bond donors (Lipinski definition) is 1. The Morgan fingerprint density at radius 3 is 2.19 bits per heavy atom. The van der Waals surface area contributed by atoms with Crippen LogP contribution in [0.2, 0.25) is 0 Å². The Bertz CT molecular complexity index is 1090. The summed E-state index contributed by atoms with van der Waals surface area (Å²) in [5, 5.41) is 1.82. The molecular weight excluding hydrogens is 473 g/mol. The van der Waals surface area contributed by atoms with Crippen LogP contribution in [0.15, 0.2) is 76.9 Å². The van der Waals surface area contributed by atoms with E-state index < -0.39 is 11.7 Å². The number of methoxy groups -OCH3 is 1. The topological polar surface area (TPSA) is 81.7 Å². The van der Waals surface area contributed by atoms with Crippen LogP contribution in [0.25, 0.3) is 5.70 Å². The van der Waals surface area contributed by atoms with Crippen LogP contribution >= 0.6 is 0 Å². The Morgan fingerprint density at radius 1 is 1.08 bits per heavy atom. The molecule has 0 aliphatic heterocycles. The van der Waals surface area contributed by atoms with Gasteiger partial charge in [-0.15, -0.1) is 0 Å². The van der Waals surface area contributed by atoms with Gasteiger partial charge in [0.15, 0.2) is 0 Å². The van der Waals surface area contributed by atoms with E-state index in [1.807, 2.05) is 36.3 Å². The zero-order valence-electron chi connectivity index (χ0n) is 20.8. The molecule has 2 rings (SSSR count). The molecule has 2 N–H and O–H groups in total. The molecule has 0 heterocycles. The quantitative estimate of drug-likeness (QED) is 0.262. The average molecular weight is 505 g/mol. The molecule has 0 atom stereocenters. The van der Waals surface area contributed by atoms with E-state index in [0.29, 0.717) is 23.5 Å². The summed E-state index contributed by atoms with van der Waals surface area (Å²) < 4.78 is 49.4. The van der Waals surface area contributed by atoms with E-state index in [1.165, 1.54) is 32.5 Å². The van der Waals surface area contributed by atoms with Gasteiger partial charge in [-0.1, -0.05) is 37.8 Å². The number of ether oxygens (including phenoxy) is 2. The molecule has 0 aliphatic carbocycles. The minimum absolute atomic E-state index is 0.0676. The van der Waals surface area contributed by atoms with E-state index in [2.05, 4.69) is 16.6 Å². The van der Waals surface area contributed by atoms with Gasteiger partial charge in [0.05, 0.1) is 36.8 Å². The molecule has 0 bridgehead atoms. The first-order chi connectivity index (χ1) is 17.2. The molecule has 7 nitrogen and oxygen atoms in total. The van der Waals surface area contributed by atoms with Gasteiger partial charge in [0, 0.05) is 26.3 Å². The lowest BCUT2D eigenvalue weighted by Crippen LogP contribution is -2.22. The van der Waals surface area contributed by atoms with Crippen molar-refractivity contribution < 1.29 is 27.5 Å². The standard InChI is InChI=1S/C26H31F3N4O3/c1-6-33(35-5)16-19-7-9-20(10-8-19)18(2)32-25(34-4)23(15-30)24(31-3)17-36-22-13-11-21(12-14-22)26(27,28)29/h7-15H,2,6,16-17,30H2,1,3-5H3/b23-15+,31-24?,32-25?. The van der Waals surface area contributed by atoms with Crippen molar-refractivity contribution in [2.45, 2.75) is 19.6 Å². The smallest absolute Gasteiger partial charge is 0.416 e. The molecule has 0 unspecified atom stereocenters. The van der Waals surface area contributed by atoms with Crippen LogP contribution in [-0.4, -0.2) is 51.1 Å². The molecule has 0 amide bonds. The van der Waals surface area contributed by atoms with Gasteiger partial charge >= 0.3 is 6.18 Å². The number of rotatable bonds is 11. The highest BCUT2D eigenvalue weighted by Gasteiger charge is 2.30. The van der Waals surface area contributed by atoms with Gasteiger partial charge in [-0.25, -0.2) is 4.99 Å². The molecule has 36 heavy (non-hydrogen) atoms. The van der Waals surface area contributed by atoms with Gasteiger partial charge in [0.25, 0.3) is 0 Å². The molecular formula is C26H31F3N4O3. The second kappa shape index (κ2) is 13.5. The number of halogens is 3. The molecule has 0 aromatic heterocycles. The molecule has 10 heteroatoms. The molecule has 0 saturated carbocycles. The molecule has 0 aliphatic rings. The fourth-order valence-electron chi connectivity index (χ4n) is 3.16. The predicted octanol–water partition coefficient (Wildman–Crippen LogP) is 5.10. The van der Waals surface area contributed by atoms with Crippen LogP contribution in [0.3, 0.4) is 0 Å². The maximum Gasteiger partial charge on any atom is 0.416 e. The highest BCUT2D eigenvalue weighted by atomic mass is 19.4. The highest BCUT2D eigenvalue weighted by Crippen LogP contribution is 2.30. The minimum atomic E-state index is -4.42. The maximum absolute atomic E-state index is 12.8. The zero-order valence-corrected chi connectivity index (χ0v) is 20.8. The van der Waals surface area contributed by atoms with E-state index in [1.54, 1.807) is 7.11 Å². The van der Waals surface area contributed by atoms with Gasteiger partial charge in [0.1, 0.15) is 12.4 Å². The third-order valence-electron chi connectivity index (χ3n) is 5.22. The maximum atomic E-state index is 12.8. The molecule has 2 aromatic rings. The van der Waals surface area contributed by atoms with Crippen molar-refractivity contribution in [2.75, 3.05) is 34.4 Å². The first kappa shape index (κ1) is 28.6. The summed E-state index contributed by atoms with van der Waals surface area (Å²) >= 11 is 0. The summed E-state index contributed by atoms with van der Waals surface area (Å²) in [5.74, 6) is 0.413. The molecule has 2 aromatic carbocycles. The number of benzene rings is 2. The minimum Gasteiger partial charge on any atom is -0.487 e. The number of nitrogens with zero attached hydrogens (tertiary/aromatic N) is 3. The lowest BCUT2D eigenvalue weighted by atomic mass is 10.1. The van der Waals surface area contributed by atoms with Crippen LogP contribution < -0.4 is 10.5 Å². The lowest BCUT2D eigenvalue weighted by molar-refractivity contribution is -0.137. The summed E-state index contributed by atoms with van der Waals surface area (Å²) in [6.07, 6.45) is -3.14. The first-order valence-corrected chi connectivity index (χ1v) is 11.0. The number of alkyl halides is 3. The second-order valence-corrected chi connectivity index (χ2v) is 7.46. The number of hydrogen-bond acceptors (Lipinski definition) is 7. The summed E-state index contributed by atoms with van der Waals surface area (Å²) in [6.45, 7) is 7.36. The number of nitrogens with two attached hydrogens (primary N) is 1. The average Bonchev–Trinajstić information content (AvgIpc) is 2.88. The molecule has 0 radical (unpaired) electrons. The van der Waals surface area contributed by atoms with Crippen molar-refractivity contribution in [3.05, 3.63) is 83.6 Å². The molecule has 0 saturated heterocycles. The molecule has 0 spiro atoms. The van der Waals surface area contributed by atoms with E-state index in [4.69, 9.17) is 20.0 Å². The van der Waals surface area contributed by atoms with Crippen molar-refractivity contribution in [3.8, 4) is 5.75 Å². The van der Waals surface area contributed by atoms with E-state index in [9.17, 15) is 13.2 Å². The van der Waals surface area contributed by atoms with Crippen molar-refractivity contribution in [3.63, 3.8) is 0 Å². The third-order valence-corrected chi connectivity index (χ3v) is 5.22. The second-order valence-electron chi connectivity index (χ2n) is 7.46. The largest absolute Gasteiger partial charge is 0.487 e. The van der Waals surface area contributed by atoms with Crippen molar-refractivity contribution >= 4 is 17.3 Å². The number of aliphatic imine (C=N–C) groups is 2. The summed E-state index contributed by atoms with van der Waals surface area (Å²) in [5.41, 5.74) is 8.12. The first-order valence-electron chi connectivity index (χ1n) is 11.0. The summed E-state index contributed by atoms with van der Waals surface area (Å²) in [7, 11) is 4.61. The summed E-state index contributed by atoms with van der Waals surface area (Å²) in [4.78, 5) is 13.9. The fourth-order valence-corrected chi connectivity index (χ4v) is 3.16. The van der Waals surface area contributed by atoms with Gasteiger partial charge in [-0.05, 0) is 35.4 Å².